The topological polar surface area (TPSA) is 105 Å². The van der Waals surface area contributed by atoms with Gasteiger partial charge in [-0.1, -0.05) is 30.4 Å². The van der Waals surface area contributed by atoms with E-state index in [9.17, 15) is 9.90 Å². The minimum absolute atomic E-state index is 0.0188. The number of benzene rings is 1. The van der Waals surface area contributed by atoms with Gasteiger partial charge >= 0.3 is 0 Å². The average Bonchev–Trinajstić information content (AvgIpc) is 2.76. The maximum Gasteiger partial charge on any atom is 0.266 e. The zero-order chi connectivity index (χ0) is 20.2. The SMILES string of the molecule is N#Cc1cccc(-c2ccc(=O)n(CC3C=CC=C(c4ncc(O)cn4)C3)n2)c1. The molecule has 0 saturated carbocycles. The first-order valence-electron chi connectivity index (χ1n) is 9.10. The van der Waals surface area contributed by atoms with E-state index in [-0.39, 0.29) is 17.2 Å². The van der Waals surface area contributed by atoms with Gasteiger partial charge in [0.05, 0.1) is 36.3 Å². The van der Waals surface area contributed by atoms with Gasteiger partial charge in [-0.2, -0.15) is 10.4 Å². The van der Waals surface area contributed by atoms with Crippen LogP contribution in [0.2, 0.25) is 0 Å². The molecule has 0 aliphatic heterocycles. The summed E-state index contributed by atoms with van der Waals surface area (Å²) in [5, 5.41) is 23.0. The Labute approximate surface area is 166 Å². The Bertz CT molecular complexity index is 1200. The Morgan fingerprint density at radius 1 is 1.21 bits per heavy atom. The number of allylic oxidation sites excluding steroid dienone is 4. The largest absolute Gasteiger partial charge is 0.505 e. The van der Waals surface area contributed by atoms with Gasteiger partial charge in [0.15, 0.2) is 11.6 Å². The number of hydrogen-bond acceptors (Lipinski definition) is 6. The van der Waals surface area contributed by atoms with E-state index >= 15 is 0 Å². The van der Waals surface area contributed by atoms with Crippen LogP contribution in [0.3, 0.4) is 0 Å². The highest BCUT2D eigenvalue weighted by Gasteiger charge is 2.17. The van der Waals surface area contributed by atoms with Gasteiger partial charge in [0.25, 0.3) is 5.56 Å². The number of hydrogen-bond donors (Lipinski definition) is 1. The van der Waals surface area contributed by atoms with Gasteiger partial charge in [0.2, 0.25) is 0 Å². The van der Waals surface area contributed by atoms with Crippen molar-refractivity contribution in [2.75, 3.05) is 0 Å². The molecule has 0 saturated heterocycles. The van der Waals surface area contributed by atoms with Crippen LogP contribution >= 0.6 is 0 Å². The van der Waals surface area contributed by atoms with Crippen molar-refractivity contribution in [3.63, 3.8) is 0 Å². The molecule has 3 aromatic rings. The molecule has 2 aromatic heterocycles. The summed E-state index contributed by atoms with van der Waals surface area (Å²) in [6.07, 6.45) is 9.27. The number of nitrogens with zero attached hydrogens (tertiary/aromatic N) is 5. The van der Waals surface area contributed by atoms with Gasteiger partial charge in [0.1, 0.15) is 0 Å². The Hall–Kier alpha value is -4.05. The van der Waals surface area contributed by atoms with E-state index in [2.05, 4.69) is 21.1 Å². The maximum absolute atomic E-state index is 12.3. The lowest BCUT2D eigenvalue weighted by molar-refractivity contribution is 0.468. The first-order chi connectivity index (χ1) is 14.1. The molecular weight excluding hydrogens is 366 g/mol. The normalized spacial score (nSPS) is 15.6. The molecule has 1 N–H and O–H groups in total. The minimum Gasteiger partial charge on any atom is -0.505 e. The first kappa shape index (κ1) is 18.3. The molecule has 0 spiro atoms. The molecular formula is C22H17N5O2. The number of rotatable bonds is 4. The summed E-state index contributed by atoms with van der Waals surface area (Å²) in [6.45, 7) is 0.413. The van der Waals surface area contributed by atoms with E-state index in [1.807, 2.05) is 24.3 Å². The Morgan fingerprint density at radius 3 is 2.83 bits per heavy atom. The monoisotopic (exact) mass is 383 g/mol. The molecule has 0 fully saturated rings. The molecule has 2 heterocycles. The van der Waals surface area contributed by atoms with Gasteiger partial charge in [-0.15, -0.1) is 0 Å². The van der Waals surface area contributed by atoms with Crippen LogP contribution in [0.1, 0.15) is 17.8 Å². The quantitative estimate of drug-likeness (QED) is 0.743. The predicted molar refractivity (Wildman–Crippen MR) is 108 cm³/mol. The van der Waals surface area contributed by atoms with Crippen LogP contribution in [0.4, 0.5) is 0 Å². The van der Waals surface area contributed by atoms with Crippen LogP contribution in [-0.2, 0) is 6.54 Å². The molecule has 0 amide bonds. The molecule has 1 aliphatic rings. The molecule has 0 bridgehead atoms. The second-order valence-electron chi connectivity index (χ2n) is 6.74. The predicted octanol–water partition coefficient (Wildman–Crippen LogP) is 2.94. The van der Waals surface area contributed by atoms with E-state index < -0.39 is 0 Å². The lowest BCUT2D eigenvalue weighted by Gasteiger charge is -2.18. The van der Waals surface area contributed by atoms with Crippen LogP contribution in [0.25, 0.3) is 16.8 Å². The van der Waals surface area contributed by atoms with Crippen molar-refractivity contribution in [2.24, 2.45) is 5.92 Å². The molecule has 29 heavy (non-hydrogen) atoms. The summed E-state index contributed by atoms with van der Waals surface area (Å²) in [4.78, 5) is 20.7. The summed E-state index contributed by atoms with van der Waals surface area (Å²) in [7, 11) is 0. The second-order valence-corrected chi connectivity index (χ2v) is 6.74. The van der Waals surface area contributed by atoms with Crippen molar-refractivity contribution in [3.8, 4) is 23.1 Å². The Kier molecular flexibility index (Phi) is 4.99. The van der Waals surface area contributed by atoms with E-state index in [1.54, 1.807) is 24.3 Å². The molecule has 1 aromatic carbocycles. The van der Waals surface area contributed by atoms with Gasteiger partial charge < -0.3 is 5.11 Å². The van der Waals surface area contributed by atoms with E-state index in [4.69, 9.17) is 5.26 Å². The summed E-state index contributed by atoms with van der Waals surface area (Å²) < 4.78 is 1.45. The molecule has 0 radical (unpaired) electrons. The summed E-state index contributed by atoms with van der Waals surface area (Å²) >= 11 is 0. The molecule has 142 valence electrons. The smallest absolute Gasteiger partial charge is 0.266 e. The molecule has 7 nitrogen and oxygen atoms in total. The van der Waals surface area contributed by atoms with Crippen LogP contribution in [0.15, 0.2) is 71.8 Å². The molecule has 7 heteroatoms. The zero-order valence-electron chi connectivity index (χ0n) is 15.4. The fraction of sp³-hybridized carbons (Fsp3) is 0.136. The van der Waals surface area contributed by atoms with Crippen molar-refractivity contribution in [1.29, 1.82) is 5.26 Å². The first-order valence-corrected chi connectivity index (χ1v) is 9.10. The van der Waals surface area contributed by atoms with E-state index in [0.29, 0.717) is 30.0 Å². The highest BCUT2D eigenvalue weighted by Crippen LogP contribution is 2.26. The van der Waals surface area contributed by atoms with E-state index in [1.165, 1.54) is 23.1 Å². The number of aromatic nitrogens is 4. The molecule has 1 unspecified atom stereocenters. The summed E-state index contributed by atoms with van der Waals surface area (Å²) in [5.74, 6) is 0.628. The molecule has 1 atom stereocenters. The van der Waals surface area contributed by atoms with Crippen LogP contribution < -0.4 is 5.56 Å². The third-order valence-electron chi connectivity index (χ3n) is 4.65. The fourth-order valence-corrected chi connectivity index (χ4v) is 3.23. The van der Waals surface area contributed by atoms with E-state index in [0.717, 1.165) is 11.1 Å². The number of nitriles is 1. The van der Waals surface area contributed by atoms with Gasteiger partial charge in [-0.25, -0.2) is 14.6 Å². The van der Waals surface area contributed by atoms with Crippen LogP contribution in [0, 0.1) is 17.2 Å². The Balaban J connectivity index is 1.56. The lowest BCUT2D eigenvalue weighted by atomic mass is 9.93. The van der Waals surface area contributed by atoms with Crippen LogP contribution in [-0.4, -0.2) is 24.9 Å². The third-order valence-corrected chi connectivity index (χ3v) is 4.65. The highest BCUT2D eigenvalue weighted by atomic mass is 16.3. The average molecular weight is 383 g/mol. The highest BCUT2D eigenvalue weighted by molar-refractivity contribution is 5.63. The van der Waals surface area contributed by atoms with Crippen molar-refractivity contribution >= 4 is 5.57 Å². The fourth-order valence-electron chi connectivity index (χ4n) is 3.23. The maximum atomic E-state index is 12.3. The number of aromatic hydroxyl groups is 1. The van der Waals surface area contributed by atoms with Crippen molar-refractivity contribution in [2.45, 2.75) is 13.0 Å². The summed E-state index contributed by atoms with van der Waals surface area (Å²) in [6, 6.07) is 12.4. The van der Waals surface area contributed by atoms with Gasteiger partial charge in [0, 0.05) is 17.5 Å². The minimum atomic E-state index is -0.185. The Morgan fingerprint density at radius 2 is 2.03 bits per heavy atom. The molecule has 1 aliphatic carbocycles. The van der Waals surface area contributed by atoms with Gasteiger partial charge in [-0.3, -0.25) is 4.79 Å². The van der Waals surface area contributed by atoms with Crippen molar-refractivity contribution in [3.05, 3.63) is 88.8 Å². The second kappa shape index (κ2) is 7.90. The van der Waals surface area contributed by atoms with Crippen molar-refractivity contribution in [1.82, 2.24) is 19.7 Å². The van der Waals surface area contributed by atoms with Gasteiger partial charge in [-0.05, 0) is 30.2 Å². The molecule has 4 rings (SSSR count). The lowest BCUT2D eigenvalue weighted by Crippen LogP contribution is -2.26. The zero-order valence-corrected chi connectivity index (χ0v) is 15.4. The standard InChI is InChI=1S/C22H17N5O2/c23-11-15-3-1-5-17(9-15)20-7-8-21(29)27(26-20)14-16-4-2-6-18(10-16)22-24-12-19(28)13-25-22/h1-9,12-13,16,28H,10,14H2. The third kappa shape index (κ3) is 4.12. The summed E-state index contributed by atoms with van der Waals surface area (Å²) in [5.41, 5.74) is 2.72. The van der Waals surface area contributed by atoms with Crippen molar-refractivity contribution < 1.29 is 5.11 Å². The van der Waals surface area contributed by atoms with Crippen LogP contribution in [0.5, 0.6) is 5.75 Å².